The minimum atomic E-state index is -0.169. The molecule has 0 radical (unpaired) electrons. The van der Waals surface area contributed by atoms with Crippen LogP contribution in [0.15, 0.2) is 51.7 Å². The first-order chi connectivity index (χ1) is 11.0. The Morgan fingerprint density at radius 3 is 2.61 bits per heavy atom. The molecule has 0 atom stereocenters. The summed E-state index contributed by atoms with van der Waals surface area (Å²) in [4.78, 5) is 23.9. The van der Waals surface area contributed by atoms with E-state index in [1.54, 1.807) is 30.3 Å². The molecule has 1 N–H and O–H groups in total. The maximum atomic E-state index is 12.9. The number of aldehydes is 1. The van der Waals surface area contributed by atoms with Crippen LogP contribution in [-0.4, -0.2) is 11.4 Å². The minimum absolute atomic E-state index is 0.0238. The Morgan fingerprint density at radius 1 is 1.13 bits per heavy atom. The van der Waals surface area contributed by atoms with E-state index in [2.05, 4.69) is 0 Å². The highest BCUT2D eigenvalue weighted by atomic mass is 16.3. The quantitative estimate of drug-likeness (QED) is 0.740. The Balaban J connectivity index is 2.40. The smallest absolute Gasteiger partial charge is 0.200 e. The molecular weight excluding hydrogens is 292 g/mol. The number of aromatic hydroxyl groups is 1. The molecule has 0 bridgehead atoms. The molecule has 1 aromatic heterocycles. The second-order valence-electron chi connectivity index (χ2n) is 5.75. The molecule has 0 amide bonds. The Bertz CT molecular complexity index is 951. The van der Waals surface area contributed by atoms with E-state index in [0.717, 1.165) is 6.29 Å². The number of carbonyl (C=O) groups is 1. The fourth-order valence-electron chi connectivity index (χ4n) is 2.65. The van der Waals surface area contributed by atoms with Crippen molar-refractivity contribution in [3.05, 3.63) is 64.0 Å². The molecule has 0 spiro atoms. The van der Waals surface area contributed by atoms with Gasteiger partial charge < -0.3 is 9.52 Å². The molecule has 2 aromatic carbocycles. The van der Waals surface area contributed by atoms with E-state index in [1.807, 2.05) is 13.8 Å². The van der Waals surface area contributed by atoms with Crippen LogP contribution in [0.1, 0.15) is 35.9 Å². The zero-order valence-corrected chi connectivity index (χ0v) is 12.9. The van der Waals surface area contributed by atoms with Gasteiger partial charge in [0.15, 0.2) is 0 Å². The second kappa shape index (κ2) is 5.72. The van der Waals surface area contributed by atoms with Gasteiger partial charge in [0.2, 0.25) is 5.43 Å². The predicted octanol–water partition coefficient (Wildman–Crippen LogP) is 4.10. The van der Waals surface area contributed by atoms with E-state index >= 15 is 0 Å². The Labute approximate surface area is 133 Å². The number of carbonyl (C=O) groups excluding carboxylic acids is 1. The van der Waals surface area contributed by atoms with Crippen molar-refractivity contribution in [2.75, 3.05) is 0 Å². The molecule has 0 aliphatic rings. The zero-order chi connectivity index (χ0) is 16.6. The summed E-state index contributed by atoms with van der Waals surface area (Å²) in [7, 11) is 0. The van der Waals surface area contributed by atoms with Gasteiger partial charge in [-0.05, 0) is 23.8 Å². The molecule has 0 unspecified atom stereocenters. The van der Waals surface area contributed by atoms with Crippen molar-refractivity contribution in [3.63, 3.8) is 0 Å². The molecule has 116 valence electrons. The number of fused-ring (bicyclic) bond motifs is 1. The molecule has 3 aromatic rings. The zero-order valence-electron chi connectivity index (χ0n) is 12.9. The van der Waals surface area contributed by atoms with E-state index < -0.39 is 0 Å². The fourth-order valence-corrected chi connectivity index (χ4v) is 2.65. The topological polar surface area (TPSA) is 67.5 Å². The Morgan fingerprint density at radius 2 is 1.91 bits per heavy atom. The summed E-state index contributed by atoms with van der Waals surface area (Å²) < 4.78 is 5.90. The summed E-state index contributed by atoms with van der Waals surface area (Å²) in [6.45, 7) is 3.86. The second-order valence-corrected chi connectivity index (χ2v) is 5.75. The van der Waals surface area contributed by atoms with Crippen LogP contribution in [0.2, 0.25) is 0 Å². The summed E-state index contributed by atoms with van der Waals surface area (Å²) in [6, 6.07) is 11.3. The largest absolute Gasteiger partial charge is 0.508 e. The monoisotopic (exact) mass is 308 g/mol. The Kier molecular flexibility index (Phi) is 3.74. The number of hydrogen-bond acceptors (Lipinski definition) is 4. The van der Waals surface area contributed by atoms with Crippen LogP contribution < -0.4 is 5.43 Å². The van der Waals surface area contributed by atoms with E-state index in [9.17, 15) is 14.7 Å². The first-order valence-corrected chi connectivity index (χ1v) is 7.36. The van der Waals surface area contributed by atoms with Gasteiger partial charge in [-0.25, -0.2) is 0 Å². The van der Waals surface area contributed by atoms with Crippen molar-refractivity contribution in [3.8, 4) is 16.9 Å². The van der Waals surface area contributed by atoms with Crippen molar-refractivity contribution in [2.24, 2.45) is 0 Å². The van der Waals surface area contributed by atoms with Crippen LogP contribution in [0, 0.1) is 0 Å². The molecule has 0 aliphatic heterocycles. The lowest BCUT2D eigenvalue weighted by Gasteiger charge is -2.13. The van der Waals surface area contributed by atoms with Crippen LogP contribution >= 0.6 is 0 Å². The highest BCUT2D eigenvalue weighted by molar-refractivity contribution is 5.85. The summed E-state index contributed by atoms with van der Waals surface area (Å²) in [5.41, 5.74) is 1.80. The van der Waals surface area contributed by atoms with E-state index in [4.69, 9.17) is 4.42 Å². The van der Waals surface area contributed by atoms with Crippen LogP contribution in [-0.2, 0) is 0 Å². The highest BCUT2D eigenvalue weighted by Gasteiger charge is 2.19. The number of hydrogen-bond donors (Lipinski definition) is 1. The maximum absolute atomic E-state index is 12.9. The Hall–Kier alpha value is -2.88. The first kappa shape index (κ1) is 15.0. The lowest BCUT2D eigenvalue weighted by Crippen LogP contribution is -2.10. The third-order valence-corrected chi connectivity index (χ3v) is 3.74. The molecule has 0 aliphatic carbocycles. The van der Waals surface area contributed by atoms with Crippen molar-refractivity contribution in [1.82, 2.24) is 0 Å². The molecule has 1 heterocycles. The van der Waals surface area contributed by atoms with E-state index in [1.165, 1.54) is 12.1 Å². The lowest BCUT2D eigenvalue weighted by molar-refractivity contribution is 0.112. The van der Waals surface area contributed by atoms with Crippen LogP contribution in [0.5, 0.6) is 5.75 Å². The van der Waals surface area contributed by atoms with Gasteiger partial charge in [0.05, 0.1) is 10.9 Å². The predicted molar refractivity (Wildman–Crippen MR) is 89.1 cm³/mol. The minimum Gasteiger partial charge on any atom is -0.508 e. The van der Waals surface area contributed by atoms with Gasteiger partial charge in [-0.1, -0.05) is 32.0 Å². The summed E-state index contributed by atoms with van der Waals surface area (Å²) in [5.74, 6) is 0.562. The third-order valence-electron chi connectivity index (χ3n) is 3.74. The van der Waals surface area contributed by atoms with E-state index in [0.29, 0.717) is 33.4 Å². The third kappa shape index (κ3) is 2.63. The molecule has 0 fully saturated rings. The van der Waals surface area contributed by atoms with Gasteiger partial charge in [0.1, 0.15) is 23.4 Å². The maximum Gasteiger partial charge on any atom is 0.200 e. The number of benzene rings is 2. The summed E-state index contributed by atoms with van der Waals surface area (Å²) >= 11 is 0. The molecule has 23 heavy (non-hydrogen) atoms. The van der Waals surface area contributed by atoms with Crippen molar-refractivity contribution >= 4 is 17.3 Å². The number of phenolic OH excluding ortho intramolecular Hbond substituents is 1. The molecule has 4 nitrogen and oxygen atoms in total. The fraction of sp³-hybridized carbons (Fsp3) is 0.158. The molecule has 0 saturated carbocycles. The normalized spacial score (nSPS) is 11.1. The van der Waals surface area contributed by atoms with Crippen molar-refractivity contribution in [1.29, 1.82) is 0 Å². The highest BCUT2D eigenvalue weighted by Crippen LogP contribution is 2.31. The van der Waals surface area contributed by atoms with Crippen molar-refractivity contribution in [2.45, 2.75) is 19.8 Å². The number of phenols is 1. The molecule has 4 heteroatoms. The van der Waals surface area contributed by atoms with Crippen LogP contribution in [0.25, 0.3) is 22.1 Å². The average Bonchev–Trinajstić information content (AvgIpc) is 2.54. The van der Waals surface area contributed by atoms with Gasteiger partial charge >= 0.3 is 0 Å². The lowest BCUT2D eigenvalue weighted by atomic mass is 9.96. The number of rotatable bonds is 3. The summed E-state index contributed by atoms with van der Waals surface area (Å²) in [6.07, 6.45) is 0.749. The van der Waals surface area contributed by atoms with Crippen LogP contribution in [0.4, 0.5) is 0 Å². The van der Waals surface area contributed by atoms with Crippen molar-refractivity contribution < 1.29 is 14.3 Å². The molecule has 0 saturated heterocycles. The van der Waals surface area contributed by atoms with Gasteiger partial charge in [0.25, 0.3) is 0 Å². The van der Waals surface area contributed by atoms with Gasteiger partial charge in [-0.2, -0.15) is 0 Å². The molecular formula is C19H16O4. The molecule has 3 rings (SSSR count). The van der Waals surface area contributed by atoms with Gasteiger partial charge in [0, 0.05) is 17.5 Å². The standard InChI is InChI=1S/C19H16O4/c1-11(2)19-17(13-5-3-4-12(8-13)10-20)18(22)15-7-6-14(21)9-16(15)23-19/h3-11,21H,1-2H3. The first-order valence-electron chi connectivity index (χ1n) is 7.36. The SMILES string of the molecule is CC(C)c1oc2cc(O)ccc2c(=O)c1-c1cccc(C=O)c1. The van der Waals surface area contributed by atoms with Gasteiger partial charge in [-0.15, -0.1) is 0 Å². The van der Waals surface area contributed by atoms with Gasteiger partial charge in [-0.3, -0.25) is 9.59 Å². The summed E-state index contributed by atoms with van der Waals surface area (Å²) in [5, 5.41) is 10.0. The van der Waals surface area contributed by atoms with Crippen LogP contribution in [0.3, 0.4) is 0 Å². The van der Waals surface area contributed by atoms with E-state index in [-0.39, 0.29) is 17.1 Å². The average molecular weight is 308 g/mol.